The third-order valence-electron chi connectivity index (χ3n) is 2.14. The van der Waals surface area contributed by atoms with Crippen molar-refractivity contribution in [2.45, 2.75) is 39.0 Å². The van der Waals surface area contributed by atoms with Gasteiger partial charge in [0.05, 0.1) is 12.2 Å². The molecule has 94 valence electrons. The zero-order valence-corrected chi connectivity index (χ0v) is 9.91. The van der Waals surface area contributed by atoms with Crippen LogP contribution in [0.2, 0.25) is 0 Å². The summed E-state index contributed by atoms with van der Waals surface area (Å²) in [5, 5.41) is 14.1. The van der Waals surface area contributed by atoms with E-state index in [4.69, 9.17) is 9.47 Å². The standard InChI is InChI=1S/C9H14N4O4/c1-9(2,3)16-5-6-4-12-8(17-6)10-7(11-12)13(14)15/h6H,4-5H2,1-3H3. The molecule has 0 N–H and O–H groups in total. The fourth-order valence-corrected chi connectivity index (χ4v) is 1.41. The van der Waals surface area contributed by atoms with Gasteiger partial charge in [-0.25, -0.2) is 0 Å². The van der Waals surface area contributed by atoms with E-state index in [0.717, 1.165) is 0 Å². The van der Waals surface area contributed by atoms with Gasteiger partial charge < -0.3 is 19.6 Å². The molecule has 17 heavy (non-hydrogen) atoms. The van der Waals surface area contributed by atoms with Crippen LogP contribution in [0.15, 0.2) is 0 Å². The molecule has 2 rings (SSSR count). The van der Waals surface area contributed by atoms with E-state index in [1.165, 1.54) is 4.68 Å². The summed E-state index contributed by atoms with van der Waals surface area (Å²) >= 11 is 0. The lowest BCUT2D eigenvalue weighted by Gasteiger charge is -2.21. The minimum atomic E-state index is -0.644. The molecule has 0 saturated carbocycles. The topological polar surface area (TPSA) is 92.3 Å². The van der Waals surface area contributed by atoms with Gasteiger partial charge in [-0.05, 0) is 30.7 Å². The first kappa shape index (κ1) is 11.8. The lowest BCUT2D eigenvalue weighted by atomic mass is 10.2. The first-order chi connectivity index (χ1) is 7.85. The second-order valence-electron chi connectivity index (χ2n) is 4.80. The second-order valence-corrected chi connectivity index (χ2v) is 4.80. The van der Waals surface area contributed by atoms with Crippen LogP contribution in [0.5, 0.6) is 6.01 Å². The van der Waals surface area contributed by atoms with Crippen molar-refractivity contribution in [2.24, 2.45) is 0 Å². The first-order valence-electron chi connectivity index (χ1n) is 5.25. The monoisotopic (exact) mass is 242 g/mol. The molecule has 1 atom stereocenters. The van der Waals surface area contributed by atoms with Crippen LogP contribution in [0, 0.1) is 10.1 Å². The molecule has 0 aliphatic carbocycles. The van der Waals surface area contributed by atoms with Crippen LogP contribution in [0.4, 0.5) is 5.95 Å². The smallest absolute Gasteiger partial charge is 0.443 e. The van der Waals surface area contributed by atoms with Crippen LogP contribution in [-0.4, -0.2) is 38.0 Å². The van der Waals surface area contributed by atoms with E-state index in [1.807, 2.05) is 20.8 Å². The maximum atomic E-state index is 10.4. The third kappa shape index (κ3) is 2.70. The van der Waals surface area contributed by atoms with Gasteiger partial charge in [0.1, 0.15) is 12.6 Å². The van der Waals surface area contributed by atoms with Gasteiger partial charge in [0.25, 0.3) is 0 Å². The molecule has 0 bridgehead atoms. The Hall–Kier alpha value is -1.70. The number of rotatable bonds is 3. The summed E-state index contributed by atoms with van der Waals surface area (Å²) in [6.07, 6.45) is -0.190. The van der Waals surface area contributed by atoms with Crippen molar-refractivity contribution < 1.29 is 14.4 Å². The zero-order valence-electron chi connectivity index (χ0n) is 9.91. The minimum absolute atomic E-state index is 0.180. The van der Waals surface area contributed by atoms with Gasteiger partial charge >= 0.3 is 12.0 Å². The molecular weight excluding hydrogens is 228 g/mol. The van der Waals surface area contributed by atoms with Gasteiger partial charge in [-0.2, -0.15) is 0 Å². The summed E-state index contributed by atoms with van der Waals surface area (Å²) in [7, 11) is 0. The summed E-state index contributed by atoms with van der Waals surface area (Å²) in [5.41, 5.74) is -0.243. The van der Waals surface area contributed by atoms with Crippen LogP contribution in [-0.2, 0) is 11.3 Å². The number of aromatic nitrogens is 3. The van der Waals surface area contributed by atoms with Crippen LogP contribution in [0.1, 0.15) is 20.8 Å². The molecular formula is C9H14N4O4. The SMILES string of the molecule is CC(C)(C)OCC1Cn2nc([N+](=O)[O-])nc2O1. The van der Waals surface area contributed by atoms with Gasteiger partial charge in [-0.15, -0.1) is 4.68 Å². The Labute approximate surface area is 97.7 Å². The van der Waals surface area contributed by atoms with Gasteiger partial charge in [0, 0.05) is 5.10 Å². The Morgan fingerprint density at radius 1 is 1.65 bits per heavy atom. The molecule has 0 amide bonds. The molecule has 1 unspecified atom stereocenters. The number of hydrogen-bond acceptors (Lipinski definition) is 6. The van der Waals surface area contributed by atoms with Crippen LogP contribution in [0.25, 0.3) is 0 Å². The van der Waals surface area contributed by atoms with Crippen molar-refractivity contribution in [1.82, 2.24) is 14.8 Å². The highest BCUT2D eigenvalue weighted by atomic mass is 16.6. The Balaban J connectivity index is 1.94. The third-order valence-corrected chi connectivity index (χ3v) is 2.14. The number of hydrogen-bond donors (Lipinski definition) is 0. The Kier molecular flexibility index (Phi) is 2.74. The van der Waals surface area contributed by atoms with Crippen molar-refractivity contribution in [2.75, 3.05) is 6.61 Å². The quantitative estimate of drug-likeness (QED) is 0.574. The fraction of sp³-hybridized carbons (Fsp3) is 0.778. The molecule has 0 radical (unpaired) electrons. The van der Waals surface area contributed by atoms with E-state index >= 15 is 0 Å². The van der Waals surface area contributed by atoms with Crippen LogP contribution >= 0.6 is 0 Å². The first-order valence-corrected chi connectivity index (χ1v) is 5.25. The predicted octanol–water partition coefficient (Wildman–Crippen LogP) is 0.762. The van der Waals surface area contributed by atoms with E-state index in [2.05, 4.69) is 10.1 Å². The molecule has 8 nitrogen and oxygen atoms in total. The van der Waals surface area contributed by atoms with Crippen molar-refractivity contribution in [3.63, 3.8) is 0 Å². The lowest BCUT2D eigenvalue weighted by molar-refractivity contribution is -0.394. The maximum Gasteiger partial charge on any atom is 0.494 e. The van der Waals surface area contributed by atoms with Gasteiger partial charge in [-0.3, -0.25) is 0 Å². The summed E-state index contributed by atoms with van der Waals surface area (Å²) < 4.78 is 12.3. The van der Waals surface area contributed by atoms with E-state index in [-0.39, 0.29) is 17.7 Å². The van der Waals surface area contributed by atoms with Gasteiger partial charge in [0.15, 0.2) is 0 Å². The molecule has 2 heterocycles. The number of fused-ring (bicyclic) bond motifs is 1. The highest BCUT2D eigenvalue weighted by molar-refractivity contribution is 5.11. The van der Waals surface area contributed by atoms with Crippen LogP contribution in [0.3, 0.4) is 0 Å². The zero-order chi connectivity index (χ0) is 12.6. The maximum absolute atomic E-state index is 10.4. The molecule has 1 aromatic heterocycles. The minimum Gasteiger partial charge on any atom is -0.443 e. The number of nitrogens with zero attached hydrogens (tertiary/aromatic N) is 4. The normalized spacial score (nSPS) is 18.9. The van der Waals surface area contributed by atoms with Gasteiger partial charge in [0.2, 0.25) is 0 Å². The summed E-state index contributed by atoms with van der Waals surface area (Å²) in [6.45, 7) is 6.67. The molecule has 0 fully saturated rings. The average molecular weight is 242 g/mol. The Morgan fingerprint density at radius 3 is 2.88 bits per heavy atom. The highest BCUT2D eigenvalue weighted by Gasteiger charge is 2.34. The molecule has 0 aromatic carbocycles. The Bertz CT molecular complexity index is 413. The highest BCUT2D eigenvalue weighted by Crippen LogP contribution is 2.22. The van der Waals surface area contributed by atoms with E-state index in [0.29, 0.717) is 13.2 Å². The summed E-state index contributed by atoms with van der Waals surface area (Å²) in [6, 6.07) is 0.180. The van der Waals surface area contributed by atoms with E-state index in [1.54, 1.807) is 0 Å². The molecule has 0 spiro atoms. The van der Waals surface area contributed by atoms with E-state index in [9.17, 15) is 10.1 Å². The number of ether oxygens (including phenoxy) is 2. The average Bonchev–Trinajstić information content (AvgIpc) is 2.69. The molecule has 1 aliphatic rings. The molecule has 0 saturated heterocycles. The molecule has 1 aromatic rings. The van der Waals surface area contributed by atoms with Crippen molar-refractivity contribution in [1.29, 1.82) is 0 Å². The molecule has 1 aliphatic heterocycles. The van der Waals surface area contributed by atoms with E-state index < -0.39 is 10.9 Å². The predicted molar refractivity (Wildman–Crippen MR) is 56.8 cm³/mol. The summed E-state index contributed by atoms with van der Waals surface area (Å²) in [4.78, 5) is 13.4. The Morgan fingerprint density at radius 2 is 2.35 bits per heavy atom. The van der Waals surface area contributed by atoms with Crippen LogP contribution < -0.4 is 4.74 Å². The van der Waals surface area contributed by atoms with Crippen molar-refractivity contribution in [3.8, 4) is 6.01 Å². The summed E-state index contributed by atoms with van der Waals surface area (Å²) in [5.74, 6) is -0.435. The van der Waals surface area contributed by atoms with Crippen molar-refractivity contribution in [3.05, 3.63) is 10.1 Å². The lowest BCUT2D eigenvalue weighted by Crippen LogP contribution is -2.29. The molecule has 8 heteroatoms. The largest absolute Gasteiger partial charge is 0.494 e. The van der Waals surface area contributed by atoms with Gasteiger partial charge in [-0.1, -0.05) is 0 Å². The van der Waals surface area contributed by atoms with Crippen molar-refractivity contribution >= 4 is 5.95 Å². The second kappa shape index (κ2) is 3.95. The fourth-order valence-electron chi connectivity index (χ4n) is 1.41. The number of nitro groups is 1.